The van der Waals surface area contributed by atoms with Gasteiger partial charge >= 0.3 is 0 Å². The molecule has 2 aliphatic heterocycles. The Labute approximate surface area is 61.8 Å². The van der Waals surface area contributed by atoms with Gasteiger partial charge in [0.25, 0.3) is 0 Å². The summed E-state index contributed by atoms with van der Waals surface area (Å²) in [5.74, 6) is 0.758. The van der Waals surface area contributed by atoms with Crippen molar-refractivity contribution in [2.45, 2.75) is 0 Å². The molecule has 0 spiro atoms. The van der Waals surface area contributed by atoms with E-state index in [4.69, 9.17) is 0 Å². The molecule has 0 bridgehead atoms. The van der Waals surface area contributed by atoms with E-state index in [2.05, 4.69) is 20.4 Å². The van der Waals surface area contributed by atoms with E-state index in [1.54, 1.807) is 18.0 Å². The molecule has 2 heterocycles. The van der Waals surface area contributed by atoms with E-state index in [1.165, 1.54) is 0 Å². The number of fused-ring (bicyclic) bond motifs is 1. The topological polar surface area (TPSA) is 49.4 Å². The zero-order valence-corrected chi connectivity index (χ0v) is 5.88. The number of aliphatic imine (C=N–C) groups is 1. The Morgan fingerprint density at radius 2 is 2.50 bits per heavy atom. The third-order valence-electron chi connectivity index (χ3n) is 1.14. The van der Waals surface area contributed by atoms with Crippen LogP contribution < -0.4 is 0 Å². The number of hydrogen-bond donors (Lipinski definition) is 0. The summed E-state index contributed by atoms with van der Waals surface area (Å²) in [5.41, 5.74) is 0.898. The molecule has 0 atom stereocenters. The molecule has 0 radical (unpaired) electrons. The van der Waals surface area contributed by atoms with Crippen molar-refractivity contribution in [1.82, 2.24) is 0 Å². The number of nitrogens with zero attached hydrogens (tertiary/aromatic N) is 4. The lowest BCUT2D eigenvalue weighted by atomic mass is 10.4. The highest BCUT2D eigenvalue weighted by Crippen LogP contribution is 2.16. The Morgan fingerprint density at radius 3 is 3.50 bits per heavy atom. The SMILES string of the molecule is C1=CC2=NCSC2=NN=N1. The average molecular weight is 152 g/mol. The van der Waals surface area contributed by atoms with Gasteiger partial charge in [-0.15, -0.1) is 10.2 Å². The van der Waals surface area contributed by atoms with Crippen LogP contribution in [-0.2, 0) is 0 Å². The fourth-order valence-corrected chi connectivity index (χ4v) is 1.41. The first kappa shape index (κ1) is 5.79. The minimum absolute atomic E-state index is 0.758. The van der Waals surface area contributed by atoms with Crippen LogP contribution in [-0.4, -0.2) is 16.6 Å². The molecule has 0 aromatic rings. The summed E-state index contributed by atoms with van der Waals surface area (Å²) in [6.07, 6.45) is 3.41. The van der Waals surface area contributed by atoms with Gasteiger partial charge < -0.3 is 0 Å². The Morgan fingerprint density at radius 1 is 1.50 bits per heavy atom. The van der Waals surface area contributed by atoms with Crippen molar-refractivity contribution in [3.05, 3.63) is 12.3 Å². The maximum absolute atomic E-state index is 4.16. The highest BCUT2D eigenvalue weighted by molar-refractivity contribution is 8.16. The highest BCUT2D eigenvalue weighted by atomic mass is 32.2. The molecular weight excluding hydrogens is 148 g/mol. The van der Waals surface area contributed by atoms with E-state index < -0.39 is 0 Å². The summed E-state index contributed by atoms with van der Waals surface area (Å²) < 4.78 is 0. The second kappa shape index (κ2) is 2.34. The maximum atomic E-state index is 4.16. The zero-order chi connectivity index (χ0) is 6.81. The van der Waals surface area contributed by atoms with Crippen molar-refractivity contribution >= 4 is 22.5 Å². The number of thioether (sulfide) groups is 1. The number of allylic oxidation sites excluding steroid dienone is 1. The third kappa shape index (κ3) is 0.881. The van der Waals surface area contributed by atoms with Crippen LogP contribution in [0.25, 0.3) is 0 Å². The van der Waals surface area contributed by atoms with Gasteiger partial charge in [0.2, 0.25) is 0 Å². The highest BCUT2D eigenvalue weighted by Gasteiger charge is 2.13. The van der Waals surface area contributed by atoms with Gasteiger partial charge in [0.1, 0.15) is 5.04 Å². The Kier molecular flexibility index (Phi) is 1.35. The predicted molar refractivity (Wildman–Crippen MR) is 41.3 cm³/mol. The van der Waals surface area contributed by atoms with Crippen molar-refractivity contribution in [3.63, 3.8) is 0 Å². The summed E-state index contributed by atoms with van der Waals surface area (Å²) in [6, 6.07) is 0. The summed E-state index contributed by atoms with van der Waals surface area (Å²) in [6.45, 7) is 0. The lowest BCUT2D eigenvalue weighted by Gasteiger charge is -1.86. The Bertz CT molecular complexity index is 263. The van der Waals surface area contributed by atoms with Gasteiger partial charge in [0.05, 0.1) is 17.8 Å². The Hall–Kier alpha value is -0.970. The molecule has 0 unspecified atom stereocenters. The van der Waals surface area contributed by atoms with Crippen LogP contribution in [0, 0.1) is 0 Å². The van der Waals surface area contributed by atoms with Crippen LogP contribution in [0.3, 0.4) is 0 Å². The fourth-order valence-electron chi connectivity index (χ4n) is 0.709. The van der Waals surface area contributed by atoms with Crippen LogP contribution in [0.4, 0.5) is 0 Å². The van der Waals surface area contributed by atoms with Crippen LogP contribution in [0.2, 0.25) is 0 Å². The quantitative estimate of drug-likeness (QED) is 0.518. The first-order valence-corrected chi connectivity index (χ1v) is 3.77. The van der Waals surface area contributed by atoms with Crippen LogP contribution in [0.1, 0.15) is 0 Å². The van der Waals surface area contributed by atoms with Crippen molar-refractivity contribution in [1.29, 1.82) is 0 Å². The van der Waals surface area contributed by atoms with Gasteiger partial charge in [-0.1, -0.05) is 11.8 Å². The van der Waals surface area contributed by atoms with Crippen LogP contribution in [0.5, 0.6) is 0 Å². The van der Waals surface area contributed by atoms with E-state index in [9.17, 15) is 0 Å². The van der Waals surface area contributed by atoms with Gasteiger partial charge in [0.15, 0.2) is 0 Å². The fraction of sp³-hybridized carbons (Fsp3) is 0.200. The largest absolute Gasteiger partial charge is 0.271 e. The van der Waals surface area contributed by atoms with Crippen molar-refractivity contribution < 1.29 is 0 Å². The average Bonchev–Trinajstić information content (AvgIpc) is 2.28. The van der Waals surface area contributed by atoms with Gasteiger partial charge in [0, 0.05) is 0 Å². The lowest BCUT2D eigenvalue weighted by molar-refractivity contribution is 1.07. The monoisotopic (exact) mass is 152 g/mol. The number of hydrogen-bond acceptors (Lipinski definition) is 5. The summed E-state index contributed by atoms with van der Waals surface area (Å²) in [7, 11) is 0. The summed E-state index contributed by atoms with van der Waals surface area (Å²) in [5, 5.41) is 11.9. The lowest BCUT2D eigenvalue weighted by Crippen LogP contribution is -1.99. The molecule has 4 nitrogen and oxygen atoms in total. The molecule has 0 aliphatic carbocycles. The molecule has 0 saturated heterocycles. The molecule has 2 rings (SSSR count). The molecule has 5 heteroatoms. The molecule has 2 aliphatic rings. The molecular formula is C5H4N4S. The second-order valence-electron chi connectivity index (χ2n) is 1.74. The Balaban J connectivity index is 2.42. The normalized spacial score (nSPS) is 21.6. The molecule has 10 heavy (non-hydrogen) atoms. The first-order valence-electron chi connectivity index (χ1n) is 2.79. The minimum Gasteiger partial charge on any atom is -0.271 e. The second-order valence-corrected chi connectivity index (χ2v) is 2.68. The van der Waals surface area contributed by atoms with Gasteiger partial charge in [-0.25, -0.2) is 0 Å². The smallest absolute Gasteiger partial charge is 0.148 e. The maximum Gasteiger partial charge on any atom is 0.148 e. The third-order valence-corrected chi connectivity index (χ3v) is 1.96. The van der Waals surface area contributed by atoms with Crippen LogP contribution >= 0.6 is 11.8 Å². The molecule has 50 valence electrons. The van der Waals surface area contributed by atoms with Crippen molar-refractivity contribution in [3.8, 4) is 0 Å². The first-order chi connectivity index (χ1) is 4.97. The molecule has 0 fully saturated rings. The molecule has 0 aromatic heterocycles. The minimum atomic E-state index is 0.758. The van der Waals surface area contributed by atoms with Crippen molar-refractivity contribution in [2.24, 2.45) is 20.4 Å². The molecule has 0 saturated carbocycles. The van der Waals surface area contributed by atoms with E-state index in [0.29, 0.717) is 0 Å². The summed E-state index contributed by atoms with van der Waals surface area (Å²) in [4.78, 5) is 4.16. The zero-order valence-electron chi connectivity index (χ0n) is 5.06. The van der Waals surface area contributed by atoms with E-state index in [-0.39, 0.29) is 0 Å². The summed E-state index contributed by atoms with van der Waals surface area (Å²) >= 11 is 1.58. The van der Waals surface area contributed by atoms with E-state index in [1.807, 2.05) is 6.08 Å². The molecule has 0 aromatic carbocycles. The van der Waals surface area contributed by atoms with Gasteiger partial charge in [-0.05, 0) is 11.3 Å². The predicted octanol–water partition coefficient (Wildman–Crippen LogP) is 1.42. The standard InChI is InChI=1S/C5H4N4S/c1-2-7-9-8-5-4(1)6-3-10-5/h1-2H,3H2. The van der Waals surface area contributed by atoms with E-state index >= 15 is 0 Å². The molecule has 0 amide bonds. The van der Waals surface area contributed by atoms with Gasteiger partial charge in [-0.3, -0.25) is 4.99 Å². The molecule has 0 N–H and O–H groups in total. The van der Waals surface area contributed by atoms with Crippen LogP contribution in [0.15, 0.2) is 32.7 Å². The number of rotatable bonds is 0. The van der Waals surface area contributed by atoms with E-state index in [0.717, 1.165) is 16.6 Å². The van der Waals surface area contributed by atoms with Gasteiger partial charge in [-0.2, -0.15) is 0 Å². The van der Waals surface area contributed by atoms with Crippen molar-refractivity contribution in [2.75, 3.05) is 5.88 Å².